The number of hydrogen-bond acceptors (Lipinski definition) is 1. The molecule has 0 saturated carbocycles. The maximum absolute atomic E-state index is 6.13. The van der Waals surface area contributed by atoms with Crippen molar-refractivity contribution in [1.82, 2.24) is 0 Å². The minimum absolute atomic E-state index is 0.222. The van der Waals surface area contributed by atoms with Crippen molar-refractivity contribution < 1.29 is 0 Å². The molecule has 2 aromatic carbocycles. The summed E-state index contributed by atoms with van der Waals surface area (Å²) in [6.07, 6.45) is 0. The summed E-state index contributed by atoms with van der Waals surface area (Å²) in [6.45, 7) is 4.14. The van der Waals surface area contributed by atoms with Crippen LogP contribution in [0, 0.1) is 6.92 Å². The Morgan fingerprint density at radius 1 is 1.17 bits per heavy atom. The molecule has 0 bridgehead atoms. The zero-order valence-corrected chi connectivity index (χ0v) is 12.7. The molecule has 0 aromatic heterocycles. The number of anilines is 1. The zero-order chi connectivity index (χ0) is 13.1. The summed E-state index contributed by atoms with van der Waals surface area (Å²) in [5, 5.41) is 4.24. The molecule has 0 amide bonds. The Kier molecular flexibility index (Phi) is 4.31. The Bertz CT molecular complexity index is 554. The van der Waals surface area contributed by atoms with E-state index in [0.717, 1.165) is 20.7 Å². The van der Waals surface area contributed by atoms with Gasteiger partial charge in [-0.25, -0.2) is 0 Å². The summed E-state index contributed by atoms with van der Waals surface area (Å²) in [5.74, 6) is 0. The molecule has 1 N–H and O–H groups in total. The second-order valence-corrected chi connectivity index (χ2v) is 5.61. The van der Waals surface area contributed by atoms with Gasteiger partial charge in [-0.3, -0.25) is 0 Å². The van der Waals surface area contributed by atoms with Crippen LogP contribution in [0.3, 0.4) is 0 Å². The number of aryl methyl sites for hydroxylation is 1. The standard InChI is InChI=1S/C15H15BrClN/c1-10-7-8-12(9-15(10)17)18-11(2)13-5-3-4-6-14(13)16/h3-9,11,18H,1-2H3. The third kappa shape index (κ3) is 3.06. The molecule has 1 nitrogen and oxygen atoms in total. The molecule has 18 heavy (non-hydrogen) atoms. The predicted octanol–water partition coefficient (Wildman–Crippen LogP) is 5.58. The van der Waals surface area contributed by atoms with Crippen LogP contribution in [0.25, 0.3) is 0 Å². The van der Waals surface area contributed by atoms with Crippen LogP contribution in [0.4, 0.5) is 5.69 Å². The third-order valence-corrected chi connectivity index (χ3v) is 4.06. The molecule has 1 atom stereocenters. The highest BCUT2D eigenvalue weighted by molar-refractivity contribution is 9.10. The Labute approximate surface area is 121 Å². The van der Waals surface area contributed by atoms with Gasteiger partial charge in [0.2, 0.25) is 0 Å². The minimum atomic E-state index is 0.222. The summed E-state index contributed by atoms with van der Waals surface area (Å²) >= 11 is 9.70. The number of hydrogen-bond donors (Lipinski definition) is 1. The van der Waals surface area contributed by atoms with Gasteiger partial charge in [-0.05, 0) is 43.2 Å². The first kappa shape index (κ1) is 13.4. The fraction of sp³-hybridized carbons (Fsp3) is 0.200. The topological polar surface area (TPSA) is 12.0 Å². The van der Waals surface area contributed by atoms with E-state index in [2.05, 4.69) is 46.4 Å². The van der Waals surface area contributed by atoms with Crippen molar-refractivity contribution in [3.05, 3.63) is 63.1 Å². The number of nitrogens with one attached hydrogen (secondary N) is 1. The van der Waals surface area contributed by atoms with Crippen LogP contribution < -0.4 is 5.32 Å². The number of halogens is 2. The molecular formula is C15H15BrClN. The molecule has 0 aliphatic carbocycles. The van der Waals surface area contributed by atoms with Crippen molar-refractivity contribution in [2.75, 3.05) is 5.32 Å². The zero-order valence-electron chi connectivity index (χ0n) is 10.4. The smallest absolute Gasteiger partial charge is 0.0496 e. The highest BCUT2D eigenvalue weighted by Gasteiger charge is 2.08. The van der Waals surface area contributed by atoms with Gasteiger partial charge in [-0.2, -0.15) is 0 Å². The lowest BCUT2D eigenvalue weighted by Gasteiger charge is -2.17. The average molecular weight is 325 g/mol. The van der Waals surface area contributed by atoms with E-state index in [0.29, 0.717) is 0 Å². The molecule has 0 fully saturated rings. The molecule has 2 aromatic rings. The quantitative estimate of drug-likeness (QED) is 0.776. The highest BCUT2D eigenvalue weighted by Crippen LogP contribution is 2.27. The van der Waals surface area contributed by atoms with Crippen LogP contribution in [0.1, 0.15) is 24.1 Å². The van der Waals surface area contributed by atoms with E-state index in [4.69, 9.17) is 11.6 Å². The summed E-state index contributed by atoms with van der Waals surface area (Å²) in [4.78, 5) is 0. The maximum atomic E-state index is 6.13. The summed E-state index contributed by atoms with van der Waals surface area (Å²) in [7, 11) is 0. The normalized spacial score (nSPS) is 12.2. The van der Waals surface area contributed by atoms with E-state index in [1.165, 1.54) is 5.56 Å². The van der Waals surface area contributed by atoms with Crippen molar-refractivity contribution >= 4 is 33.2 Å². The van der Waals surface area contributed by atoms with Gasteiger partial charge in [0, 0.05) is 21.2 Å². The molecular weight excluding hydrogens is 310 g/mol. The van der Waals surface area contributed by atoms with Crippen molar-refractivity contribution in [3.63, 3.8) is 0 Å². The van der Waals surface area contributed by atoms with E-state index in [1.807, 2.05) is 31.2 Å². The second-order valence-electron chi connectivity index (χ2n) is 4.35. The van der Waals surface area contributed by atoms with Gasteiger partial charge in [-0.1, -0.05) is 51.8 Å². The van der Waals surface area contributed by atoms with E-state index in [1.54, 1.807) is 0 Å². The summed E-state index contributed by atoms with van der Waals surface area (Å²) in [5.41, 5.74) is 3.36. The first-order valence-electron chi connectivity index (χ1n) is 5.85. The molecule has 3 heteroatoms. The SMILES string of the molecule is Cc1ccc(NC(C)c2ccccc2Br)cc1Cl. The summed E-state index contributed by atoms with van der Waals surface area (Å²) in [6, 6.07) is 14.5. The van der Waals surface area contributed by atoms with E-state index < -0.39 is 0 Å². The third-order valence-electron chi connectivity index (χ3n) is 2.93. The molecule has 1 unspecified atom stereocenters. The molecule has 2 rings (SSSR count). The van der Waals surface area contributed by atoms with Crippen molar-refractivity contribution in [2.45, 2.75) is 19.9 Å². The number of rotatable bonds is 3. The van der Waals surface area contributed by atoms with E-state index in [9.17, 15) is 0 Å². The molecule has 94 valence electrons. The van der Waals surface area contributed by atoms with Gasteiger partial charge in [-0.15, -0.1) is 0 Å². The maximum Gasteiger partial charge on any atom is 0.0496 e. The molecule has 0 saturated heterocycles. The Hall–Kier alpha value is -0.990. The first-order valence-corrected chi connectivity index (χ1v) is 7.02. The Morgan fingerprint density at radius 2 is 1.89 bits per heavy atom. The number of benzene rings is 2. The fourth-order valence-electron chi connectivity index (χ4n) is 1.84. The first-order chi connectivity index (χ1) is 8.58. The van der Waals surface area contributed by atoms with Crippen molar-refractivity contribution in [3.8, 4) is 0 Å². The van der Waals surface area contributed by atoms with Crippen LogP contribution in [-0.2, 0) is 0 Å². The van der Waals surface area contributed by atoms with Crippen LogP contribution in [0.2, 0.25) is 5.02 Å². The van der Waals surface area contributed by atoms with Gasteiger partial charge < -0.3 is 5.32 Å². The lowest BCUT2D eigenvalue weighted by molar-refractivity contribution is 0.879. The molecule has 0 heterocycles. The van der Waals surface area contributed by atoms with E-state index >= 15 is 0 Å². The molecule has 0 aliphatic rings. The summed E-state index contributed by atoms with van der Waals surface area (Å²) < 4.78 is 1.11. The average Bonchev–Trinajstić information content (AvgIpc) is 2.34. The van der Waals surface area contributed by atoms with Gasteiger partial charge in [0.15, 0.2) is 0 Å². The van der Waals surface area contributed by atoms with E-state index in [-0.39, 0.29) is 6.04 Å². The van der Waals surface area contributed by atoms with Crippen LogP contribution >= 0.6 is 27.5 Å². The molecule has 0 aliphatic heterocycles. The second kappa shape index (κ2) is 5.77. The van der Waals surface area contributed by atoms with Gasteiger partial charge in [0.25, 0.3) is 0 Å². The van der Waals surface area contributed by atoms with Gasteiger partial charge >= 0.3 is 0 Å². The van der Waals surface area contributed by atoms with Crippen LogP contribution in [0.15, 0.2) is 46.9 Å². The van der Waals surface area contributed by atoms with Crippen molar-refractivity contribution in [2.24, 2.45) is 0 Å². The van der Waals surface area contributed by atoms with Crippen molar-refractivity contribution in [1.29, 1.82) is 0 Å². The predicted molar refractivity (Wildman–Crippen MR) is 82.4 cm³/mol. The largest absolute Gasteiger partial charge is 0.378 e. The van der Waals surface area contributed by atoms with Crippen LogP contribution in [-0.4, -0.2) is 0 Å². The monoisotopic (exact) mass is 323 g/mol. The Balaban J connectivity index is 2.19. The Morgan fingerprint density at radius 3 is 2.56 bits per heavy atom. The van der Waals surface area contributed by atoms with Gasteiger partial charge in [0.1, 0.15) is 0 Å². The molecule has 0 spiro atoms. The van der Waals surface area contributed by atoms with Crippen LogP contribution in [0.5, 0.6) is 0 Å². The highest BCUT2D eigenvalue weighted by atomic mass is 79.9. The lowest BCUT2D eigenvalue weighted by Crippen LogP contribution is -2.07. The molecule has 0 radical (unpaired) electrons. The lowest BCUT2D eigenvalue weighted by atomic mass is 10.1. The fourth-order valence-corrected chi connectivity index (χ4v) is 2.65. The van der Waals surface area contributed by atoms with Gasteiger partial charge in [0.05, 0.1) is 0 Å². The minimum Gasteiger partial charge on any atom is -0.378 e.